The van der Waals surface area contributed by atoms with E-state index in [1.807, 2.05) is 43.3 Å². The summed E-state index contributed by atoms with van der Waals surface area (Å²) in [7, 11) is 0. The fourth-order valence-electron chi connectivity index (χ4n) is 2.22. The van der Waals surface area contributed by atoms with Crippen LogP contribution in [0, 0.1) is 5.82 Å². The molecule has 0 aliphatic rings. The maximum absolute atomic E-state index is 14.3. The first-order valence-corrected chi connectivity index (χ1v) is 6.59. The van der Waals surface area contributed by atoms with E-state index >= 15 is 0 Å². The number of nitrogens with zero attached hydrogens (tertiary/aromatic N) is 2. The number of halogens is 1. The third kappa shape index (κ3) is 2.63. The molecular formula is C16H14FN3O. The highest BCUT2D eigenvalue weighted by Crippen LogP contribution is 2.28. The van der Waals surface area contributed by atoms with E-state index in [-0.39, 0.29) is 17.7 Å². The van der Waals surface area contributed by atoms with Crippen molar-refractivity contribution < 1.29 is 8.91 Å². The summed E-state index contributed by atoms with van der Waals surface area (Å²) in [6.07, 6.45) is 0. The summed E-state index contributed by atoms with van der Waals surface area (Å²) in [6.45, 7) is 1.86. The van der Waals surface area contributed by atoms with Crippen molar-refractivity contribution in [3.63, 3.8) is 0 Å². The van der Waals surface area contributed by atoms with Crippen molar-refractivity contribution in [1.29, 1.82) is 0 Å². The molecule has 5 heteroatoms. The Hall–Kier alpha value is -2.69. The molecular weight excluding hydrogens is 269 g/mol. The Morgan fingerprint density at radius 3 is 2.52 bits per heavy atom. The quantitative estimate of drug-likeness (QED) is 0.797. The highest BCUT2D eigenvalue weighted by Gasteiger charge is 2.17. The van der Waals surface area contributed by atoms with E-state index in [0.29, 0.717) is 11.5 Å². The lowest BCUT2D eigenvalue weighted by atomic mass is 9.97. The van der Waals surface area contributed by atoms with Gasteiger partial charge in [-0.25, -0.2) is 4.39 Å². The van der Waals surface area contributed by atoms with Crippen LogP contribution in [0.25, 0.3) is 11.1 Å². The molecule has 2 aromatic carbocycles. The standard InChI is InChI=1S/C16H14FN3O/c1-10(15-19-16(18)20-21-15)12-7-8-13(14(17)9-12)11-5-3-2-4-6-11/h2-10H,1H3,(H2,18,20). The fraction of sp³-hybridized carbons (Fsp3) is 0.125. The molecule has 0 radical (unpaired) electrons. The van der Waals surface area contributed by atoms with Gasteiger partial charge in [0.1, 0.15) is 5.82 Å². The molecule has 0 saturated heterocycles. The summed E-state index contributed by atoms with van der Waals surface area (Å²) in [6, 6.07) is 14.5. The Morgan fingerprint density at radius 2 is 1.90 bits per heavy atom. The second kappa shape index (κ2) is 5.36. The number of nitrogen functional groups attached to an aromatic ring is 1. The normalized spacial score (nSPS) is 12.3. The summed E-state index contributed by atoms with van der Waals surface area (Å²) >= 11 is 0. The molecule has 106 valence electrons. The number of nitrogens with two attached hydrogens (primary N) is 1. The zero-order valence-electron chi connectivity index (χ0n) is 11.5. The van der Waals surface area contributed by atoms with Gasteiger partial charge < -0.3 is 10.3 Å². The molecule has 3 aromatic rings. The molecule has 1 heterocycles. The molecule has 1 aromatic heterocycles. The van der Waals surface area contributed by atoms with Crippen LogP contribution in [0.2, 0.25) is 0 Å². The second-order valence-electron chi connectivity index (χ2n) is 4.82. The van der Waals surface area contributed by atoms with Gasteiger partial charge in [-0.1, -0.05) is 42.5 Å². The number of benzene rings is 2. The molecule has 1 unspecified atom stereocenters. The van der Waals surface area contributed by atoms with Gasteiger partial charge in [0, 0.05) is 5.56 Å². The topological polar surface area (TPSA) is 64.9 Å². The van der Waals surface area contributed by atoms with Gasteiger partial charge in [0.2, 0.25) is 5.89 Å². The first-order valence-electron chi connectivity index (χ1n) is 6.59. The van der Waals surface area contributed by atoms with Crippen molar-refractivity contribution in [2.45, 2.75) is 12.8 Å². The van der Waals surface area contributed by atoms with Gasteiger partial charge >= 0.3 is 0 Å². The van der Waals surface area contributed by atoms with E-state index in [9.17, 15) is 4.39 Å². The molecule has 4 nitrogen and oxygen atoms in total. The van der Waals surface area contributed by atoms with Crippen LogP contribution in [-0.4, -0.2) is 10.1 Å². The zero-order valence-corrected chi connectivity index (χ0v) is 11.5. The highest BCUT2D eigenvalue weighted by molar-refractivity contribution is 5.64. The summed E-state index contributed by atoms with van der Waals surface area (Å²) < 4.78 is 19.4. The Morgan fingerprint density at radius 1 is 1.14 bits per heavy atom. The van der Waals surface area contributed by atoms with Crippen LogP contribution in [0.3, 0.4) is 0 Å². The van der Waals surface area contributed by atoms with Crippen molar-refractivity contribution in [1.82, 2.24) is 10.1 Å². The molecule has 21 heavy (non-hydrogen) atoms. The average molecular weight is 283 g/mol. The van der Waals surface area contributed by atoms with Crippen molar-refractivity contribution in [2.75, 3.05) is 5.73 Å². The molecule has 1 atom stereocenters. The molecule has 0 saturated carbocycles. The first kappa shape index (κ1) is 13.3. The van der Waals surface area contributed by atoms with Crippen LogP contribution in [0.5, 0.6) is 0 Å². The predicted molar refractivity (Wildman–Crippen MR) is 78.1 cm³/mol. The Labute approximate surface area is 121 Å². The number of aromatic nitrogens is 2. The highest BCUT2D eigenvalue weighted by atomic mass is 19.1. The van der Waals surface area contributed by atoms with Gasteiger partial charge in [0.25, 0.3) is 5.95 Å². The number of anilines is 1. The fourth-order valence-corrected chi connectivity index (χ4v) is 2.22. The number of rotatable bonds is 3. The van der Waals surface area contributed by atoms with Crippen molar-refractivity contribution in [3.05, 3.63) is 65.8 Å². The summed E-state index contributed by atoms with van der Waals surface area (Å²) in [5.41, 5.74) is 7.60. The van der Waals surface area contributed by atoms with Gasteiger partial charge in [0.05, 0.1) is 5.92 Å². The minimum absolute atomic E-state index is 0.0817. The smallest absolute Gasteiger partial charge is 0.260 e. The molecule has 0 amide bonds. The van der Waals surface area contributed by atoms with E-state index in [1.54, 1.807) is 6.07 Å². The maximum atomic E-state index is 14.3. The summed E-state index contributed by atoms with van der Waals surface area (Å²) in [4.78, 5) is 3.97. The molecule has 0 aliphatic heterocycles. The van der Waals surface area contributed by atoms with Crippen LogP contribution in [0.1, 0.15) is 24.3 Å². The number of hydrogen-bond donors (Lipinski definition) is 1. The Bertz CT molecular complexity index is 755. The first-order chi connectivity index (χ1) is 10.1. The van der Waals surface area contributed by atoms with Crippen molar-refractivity contribution in [2.24, 2.45) is 0 Å². The number of hydrogen-bond acceptors (Lipinski definition) is 4. The second-order valence-corrected chi connectivity index (χ2v) is 4.82. The molecule has 3 rings (SSSR count). The molecule has 0 bridgehead atoms. The van der Waals surface area contributed by atoms with Gasteiger partial charge in [-0.15, -0.1) is 0 Å². The predicted octanol–water partition coefficient (Wildman–Crippen LogP) is 3.61. The Balaban J connectivity index is 1.94. The van der Waals surface area contributed by atoms with E-state index in [2.05, 4.69) is 10.1 Å². The average Bonchev–Trinajstić information content (AvgIpc) is 2.94. The van der Waals surface area contributed by atoms with Crippen molar-refractivity contribution >= 4 is 5.95 Å². The summed E-state index contributed by atoms with van der Waals surface area (Å²) in [5, 5.41) is 3.55. The minimum Gasteiger partial charge on any atom is -0.365 e. The minimum atomic E-state index is -0.280. The zero-order chi connectivity index (χ0) is 14.8. The SMILES string of the molecule is CC(c1ccc(-c2ccccc2)c(F)c1)c1nc(N)no1. The van der Waals surface area contributed by atoms with E-state index < -0.39 is 0 Å². The van der Waals surface area contributed by atoms with E-state index in [1.165, 1.54) is 6.07 Å². The largest absolute Gasteiger partial charge is 0.365 e. The molecule has 0 fully saturated rings. The Kier molecular flexibility index (Phi) is 3.39. The lowest BCUT2D eigenvalue weighted by molar-refractivity contribution is 0.371. The van der Waals surface area contributed by atoms with Gasteiger partial charge in [-0.3, -0.25) is 0 Å². The van der Waals surface area contributed by atoms with Gasteiger partial charge in [-0.2, -0.15) is 4.98 Å². The molecule has 2 N–H and O–H groups in total. The van der Waals surface area contributed by atoms with Crippen LogP contribution >= 0.6 is 0 Å². The molecule has 0 aliphatic carbocycles. The molecule has 0 spiro atoms. The van der Waals surface area contributed by atoms with E-state index in [4.69, 9.17) is 10.3 Å². The van der Waals surface area contributed by atoms with Crippen LogP contribution in [0.15, 0.2) is 53.1 Å². The van der Waals surface area contributed by atoms with Crippen LogP contribution in [-0.2, 0) is 0 Å². The lowest BCUT2D eigenvalue weighted by Gasteiger charge is -2.10. The van der Waals surface area contributed by atoms with Crippen LogP contribution < -0.4 is 5.73 Å². The maximum Gasteiger partial charge on any atom is 0.260 e. The van der Waals surface area contributed by atoms with Gasteiger partial charge in [-0.05, 0) is 29.3 Å². The van der Waals surface area contributed by atoms with E-state index in [0.717, 1.165) is 11.1 Å². The lowest BCUT2D eigenvalue weighted by Crippen LogP contribution is -1.98. The third-order valence-corrected chi connectivity index (χ3v) is 3.41. The monoisotopic (exact) mass is 283 g/mol. The third-order valence-electron chi connectivity index (χ3n) is 3.41. The summed E-state index contributed by atoms with van der Waals surface area (Å²) in [5.74, 6) is -0.0373. The van der Waals surface area contributed by atoms with Crippen molar-refractivity contribution in [3.8, 4) is 11.1 Å². The van der Waals surface area contributed by atoms with Gasteiger partial charge in [0.15, 0.2) is 0 Å². The van der Waals surface area contributed by atoms with Crippen LogP contribution in [0.4, 0.5) is 10.3 Å².